The Morgan fingerprint density at radius 2 is 1.35 bits per heavy atom. The summed E-state index contributed by atoms with van der Waals surface area (Å²) in [5, 5.41) is 4.51. The van der Waals surface area contributed by atoms with Crippen molar-refractivity contribution >= 4 is 39.1 Å². The van der Waals surface area contributed by atoms with Crippen molar-refractivity contribution in [1.29, 1.82) is 0 Å². The van der Waals surface area contributed by atoms with Crippen LogP contribution in [0.1, 0.15) is 20.7 Å². The van der Waals surface area contributed by atoms with Gasteiger partial charge in [0.2, 0.25) is 0 Å². The number of hydrogen-bond donors (Lipinski definition) is 0. The summed E-state index contributed by atoms with van der Waals surface area (Å²) in [6, 6.07) is 21.0. The second-order valence-corrected chi connectivity index (χ2v) is 6.87. The fourth-order valence-corrected chi connectivity index (χ4v) is 4.12. The van der Waals surface area contributed by atoms with Gasteiger partial charge in [0.1, 0.15) is 0 Å². The van der Waals surface area contributed by atoms with Crippen LogP contribution in [-0.4, -0.2) is 16.8 Å². The zero-order valence-corrected chi connectivity index (χ0v) is 14.4. The van der Waals surface area contributed by atoms with Gasteiger partial charge in [-0.1, -0.05) is 54.6 Å². The Labute approximate surface area is 153 Å². The zero-order chi connectivity index (χ0) is 17.7. The molecule has 0 radical (unpaired) electrons. The molecule has 1 aliphatic heterocycles. The largest absolute Gasteiger partial charge is 0.268 e. The maximum Gasteiger partial charge on any atom is 0.268 e. The number of fused-ring (bicyclic) bond motifs is 2. The number of nitrogens with zero attached hydrogens (tertiary/aromatic N) is 2. The minimum atomic E-state index is -0.315. The molecule has 0 N–H and O–H groups in total. The molecule has 0 saturated heterocycles. The van der Waals surface area contributed by atoms with E-state index < -0.39 is 0 Å². The van der Waals surface area contributed by atoms with E-state index >= 15 is 0 Å². The number of benzene rings is 3. The smallest absolute Gasteiger partial charge is 0.268 e. The van der Waals surface area contributed by atoms with Crippen LogP contribution in [-0.2, 0) is 0 Å². The van der Waals surface area contributed by atoms with Gasteiger partial charge in [-0.2, -0.15) is 0 Å². The van der Waals surface area contributed by atoms with E-state index in [1.54, 1.807) is 24.3 Å². The Hall–Kier alpha value is -3.31. The highest BCUT2D eigenvalue weighted by atomic mass is 32.1. The van der Waals surface area contributed by atoms with Gasteiger partial charge in [0.25, 0.3) is 11.8 Å². The van der Waals surface area contributed by atoms with Gasteiger partial charge in [0, 0.05) is 10.9 Å². The molecule has 1 aliphatic rings. The van der Waals surface area contributed by atoms with Crippen molar-refractivity contribution in [3.8, 4) is 11.3 Å². The van der Waals surface area contributed by atoms with E-state index in [2.05, 4.69) is 17.1 Å². The number of amides is 2. The summed E-state index contributed by atoms with van der Waals surface area (Å²) in [6.45, 7) is 0. The average molecular weight is 356 g/mol. The Balaban J connectivity index is 1.60. The van der Waals surface area contributed by atoms with E-state index in [-0.39, 0.29) is 11.8 Å². The first-order chi connectivity index (χ1) is 12.7. The molecule has 3 aromatic carbocycles. The SMILES string of the molecule is O=C1c2ccccc2C(=O)N1c1nc(-c2cccc3ccccc23)cs1. The van der Waals surface area contributed by atoms with Gasteiger partial charge < -0.3 is 0 Å². The molecular formula is C21H12N2O2S. The number of imide groups is 1. The Morgan fingerprint density at radius 3 is 2.12 bits per heavy atom. The Kier molecular flexibility index (Phi) is 3.23. The van der Waals surface area contributed by atoms with Crippen LogP contribution >= 0.6 is 11.3 Å². The van der Waals surface area contributed by atoms with Crippen LogP contribution in [0.15, 0.2) is 72.1 Å². The normalized spacial score (nSPS) is 13.5. The maximum atomic E-state index is 12.6. The third-order valence-corrected chi connectivity index (χ3v) is 5.37. The lowest BCUT2D eigenvalue weighted by atomic mass is 10.0. The van der Waals surface area contributed by atoms with Gasteiger partial charge in [0.15, 0.2) is 5.13 Å². The van der Waals surface area contributed by atoms with Crippen LogP contribution in [0.3, 0.4) is 0 Å². The maximum absolute atomic E-state index is 12.6. The molecule has 124 valence electrons. The summed E-state index contributed by atoms with van der Waals surface area (Å²) in [5.74, 6) is -0.631. The fraction of sp³-hybridized carbons (Fsp3) is 0. The van der Waals surface area contributed by atoms with E-state index in [0.717, 1.165) is 22.0 Å². The average Bonchev–Trinajstić information content (AvgIpc) is 3.25. The van der Waals surface area contributed by atoms with Crippen LogP contribution in [0.2, 0.25) is 0 Å². The predicted octanol–water partition coefficient (Wildman–Crippen LogP) is 4.76. The summed E-state index contributed by atoms with van der Waals surface area (Å²) in [5.41, 5.74) is 2.61. The minimum Gasteiger partial charge on any atom is -0.268 e. The third kappa shape index (κ3) is 2.11. The number of anilines is 1. The van der Waals surface area contributed by atoms with E-state index in [9.17, 15) is 9.59 Å². The summed E-state index contributed by atoms with van der Waals surface area (Å²) in [4.78, 5) is 31.0. The van der Waals surface area contributed by atoms with Gasteiger partial charge >= 0.3 is 0 Å². The van der Waals surface area contributed by atoms with Crippen molar-refractivity contribution in [1.82, 2.24) is 4.98 Å². The van der Waals surface area contributed by atoms with Crippen LogP contribution in [0.5, 0.6) is 0 Å². The molecule has 4 nitrogen and oxygen atoms in total. The van der Waals surface area contributed by atoms with Crippen molar-refractivity contribution in [3.63, 3.8) is 0 Å². The second kappa shape index (κ2) is 5.61. The summed E-state index contributed by atoms with van der Waals surface area (Å²) >= 11 is 1.30. The van der Waals surface area contributed by atoms with Crippen LogP contribution < -0.4 is 4.90 Å². The molecule has 2 amide bonds. The monoisotopic (exact) mass is 356 g/mol. The molecule has 2 heterocycles. The quantitative estimate of drug-likeness (QED) is 0.486. The molecule has 1 aromatic heterocycles. The third-order valence-electron chi connectivity index (χ3n) is 4.54. The number of thiazole rings is 1. The summed E-state index contributed by atoms with van der Waals surface area (Å²) in [6.07, 6.45) is 0. The van der Waals surface area contributed by atoms with E-state index in [1.807, 2.05) is 35.7 Å². The highest BCUT2D eigenvalue weighted by molar-refractivity contribution is 7.14. The number of carbonyl (C=O) groups excluding carboxylic acids is 2. The van der Waals surface area contributed by atoms with Gasteiger partial charge in [-0.25, -0.2) is 9.88 Å². The van der Waals surface area contributed by atoms with Gasteiger partial charge in [0.05, 0.1) is 16.8 Å². The number of hydrogen-bond acceptors (Lipinski definition) is 4. The van der Waals surface area contributed by atoms with Crippen molar-refractivity contribution in [3.05, 3.63) is 83.2 Å². The van der Waals surface area contributed by atoms with Gasteiger partial charge in [-0.15, -0.1) is 11.3 Å². The van der Waals surface area contributed by atoms with E-state index in [1.165, 1.54) is 16.2 Å². The zero-order valence-electron chi connectivity index (χ0n) is 13.5. The molecule has 0 saturated carbocycles. The fourth-order valence-electron chi connectivity index (χ4n) is 3.30. The van der Waals surface area contributed by atoms with Crippen LogP contribution in [0.25, 0.3) is 22.0 Å². The first-order valence-electron chi connectivity index (χ1n) is 8.15. The molecule has 0 atom stereocenters. The topological polar surface area (TPSA) is 50.3 Å². The molecule has 0 spiro atoms. The lowest BCUT2D eigenvalue weighted by molar-refractivity contribution is 0.0926. The van der Waals surface area contributed by atoms with Gasteiger partial charge in [-0.3, -0.25) is 9.59 Å². The summed E-state index contributed by atoms with van der Waals surface area (Å²) < 4.78 is 0. The van der Waals surface area contributed by atoms with Crippen molar-refractivity contribution in [2.75, 3.05) is 4.90 Å². The predicted molar refractivity (Wildman–Crippen MR) is 103 cm³/mol. The first kappa shape index (κ1) is 15.0. The molecule has 5 heteroatoms. The molecule has 0 unspecified atom stereocenters. The molecular weight excluding hydrogens is 344 g/mol. The van der Waals surface area contributed by atoms with E-state index in [4.69, 9.17) is 0 Å². The first-order valence-corrected chi connectivity index (χ1v) is 9.03. The van der Waals surface area contributed by atoms with Crippen LogP contribution in [0.4, 0.5) is 5.13 Å². The molecule has 0 fully saturated rings. The second-order valence-electron chi connectivity index (χ2n) is 6.03. The minimum absolute atomic E-state index is 0.315. The molecule has 26 heavy (non-hydrogen) atoms. The standard InChI is InChI=1S/C21H12N2O2S/c24-19-16-9-3-4-10-17(16)20(25)23(19)21-22-18(12-26-21)15-11-5-7-13-6-1-2-8-14(13)15/h1-12H. The molecule has 5 rings (SSSR count). The Bertz CT molecular complexity index is 1160. The van der Waals surface area contributed by atoms with Crippen molar-refractivity contribution < 1.29 is 9.59 Å². The summed E-state index contributed by atoms with van der Waals surface area (Å²) in [7, 11) is 0. The number of rotatable bonds is 2. The van der Waals surface area contributed by atoms with Crippen molar-refractivity contribution in [2.24, 2.45) is 0 Å². The number of aromatic nitrogens is 1. The highest BCUT2D eigenvalue weighted by Gasteiger charge is 2.38. The van der Waals surface area contributed by atoms with Crippen LogP contribution in [0, 0.1) is 0 Å². The number of carbonyl (C=O) groups is 2. The molecule has 0 bridgehead atoms. The lowest BCUT2D eigenvalue weighted by Gasteiger charge is -2.09. The lowest BCUT2D eigenvalue weighted by Crippen LogP contribution is -2.29. The van der Waals surface area contributed by atoms with Crippen molar-refractivity contribution in [2.45, 2.75) is 0 Å². The van der Waals surface area contributed by atoms with E-state index in [0.29, 0.717) is 16.3 Å². The molecule has 4 aromatic rings. The van der Waals surface area contributed by atoms with Gasteiger partial charge in [-0.05, 0) is 22.9 Å². The molecule has 0 aliphatic carbocycles. The highest BCUT2D eigenvalue weighted by Crippen LogP contribution is 2.35. The Morgan fingerprint density at radius 1 is 0.731 bits per heavy atom.